The van der Waals surface area contributed by atoms with Crippen LogP contribution in [0.25, 0.3) is 0 Å². The third-order valence-corrected chi connectivity index (χ3v) is 3.50. The Morgan fingerprint density at radius 3 is 2.75 bits per heavy atom. The Morgan fingerprint density at radius 1 is 1.58 bits per heavy atom. The molecule has 2 rings (SSSR count). The highest BCUT2D eigenvalue weighted by atomic mass is 32.1. The van der Waals surface area contributed by atoms with Gasteiger partial charge in [-0.05, 0) is 49.7 Å². The van der Waals surface area contributed by atoms with Crippen molar-refractivity contribution in [3.05, 3.63) is 21.9 Å². The highest BCUT2D eigenvalue weighted by Gasteiger charge is 2.32. The van der Waals surface area contributed by atoms with Crippen molar-refractivity contribution in [3.8, 4) is 0 Å². The highest BCUT2D eigenvalue weighted by molar-refractivity contribution is 7.10. The van der Waals surface area contributed by atoms with Gasteiger partial charge in [0.05, 0.1) is 0 Å². The lowest BCUT2D eigenvalue weighted by Crippen LogP contribution is -2.18. The topological polar surface area (TPSA) is 12.0 Å². The molecule has 1 saturated carbocycles. The molecular formula is C10H15NS. The molecule has 1 atom stereocenters. The standard InChI is InChI=1S/C10H15NS/c1-7-9(5-6-12-7)10(11-2)8-3-4-8/h5-6,8,10-11H,3-4H2,1-2H3. The first kappa shape index (κ1) is 8.27. The second-order valence-electron chi connectivity index (χ2n) is 3.54. The second kappa shape index (κ2) is 3.19. The maximum absolute atomic E-state index is 3.41. The number of nitrogens with one attached hydrogen (secondary N) is 1. The lowest BCUT2D eigenvalue weighted by molar-refractivity contribution is 0.528. The van der Waals surface area contributed by atoms with Gasteiger partial charge in [0.1, 0.15) is 0 Å². The predicted octanol–water partition coefficient (Wildman–Crippen LogP) is 2.73. The van der Waals surface area contributed by atoms with E-state index in [0.29, 0.717) is 6.04 Å². The first-order chi connectivity index (χ1) is 5.83. The fourth-order valence-electron chi connectivity index (χ4n) is 1.79. The zero-order valence-corrected chi connectivity index (χ0v) is 8.45. The summed E-state index contributed by atoms with van der Waals surface area (Å²) in [6, 6.07) is 2.88. The molecule has 0 radical (unpaired) electrons. The molecule has 1 aliphatic rings. The summed E-state index contributed by atoms with van der Waals surface area (Å²) in [5.74, 6) is 0.906. The van der Waals surface area contributed by atoms with E-state index in [0.717, 1.165) is 5.92 Å². The van der Waals surface area contributed by atoms with Crippen molar-refractivity contribution in [1.29, 1.82) is 0 Å². The summed E-state index contributed by atoms with van der Waals surface area (Å²) in [6.45, 7) is 2.22. The molecule has 0 saturated heterocycles. The molecule has 1 unspecified atom stereocenters. The number of aryl methyl sites for hydroxylation is 1. The van der Waals surface area contributed by atoms with Crippen LogP contribution in [0.5, 0.6) is 0 Å². The van der Waals surface area contributed by atoms with E-state index in [2.05, 4.69) is 30.7 Å². The van der Waals surface area contributed by atoms with Gasteiger partial charge in [0, 0.05) is 10.9 Å². The average Bonchev–Trinajstić information content (AvgIpc) is 2.80. The molecule has 1 N–H and O–H groups in total. The van der Waals surface area contributed by atoms with Crippen LogP contribution < -0.4 is 5.32 Å². The van der Waals surface area contributed by atoms with Gasteiger partial charge in [-0.2, -0.15) is 0 Å². The monoisotopic (exact) mass is 181 g/mol. The normalized spacial score (nSPS) is 19.5. The maximum atomic E-state index is 3.41. The summed E-state index contributed by atoms with van der Waals surface area (Å²) in [7, 11) is 2.07. The molecule has 0 bridgehead atoms. The van der Waals surface area contributed by atoms with E-state index in [4.69, 9.17) is 0 Å². The third kappa shape index (κ3) is 1.41. The summed E-state index contributed by atoms with van der Waals surface area (Å²) in [4.78, 5) is 1.47. The predicted molar refractivity (Wildman–Crippen MR) is 53.6 cm³/mol. The lowest BCUT2D eigenvalue weighted by Gasteiger charge is -2.14. The molecule has 1 heterocycles. The van der Waals surface area contributed by atoms with Crippen molar-refractivity contribution in [1.82, 2.24) is 5.32 Å². The summed E-state index contributed by atoms with van der Waals surface area (Å²) in [5.41, 5.74) is 1.52. The molecule has 1 fully saturated rings. The van der Waals surface area contributed by atoms with Crippen molar-refractivity contribution in [2.45, 2.75) is 25.8 Å². The summed E-state index contributed by atoms with van der Waals surface area (Å²) in [5, 5.41) is 5.61. The highest BCUT2D eigenvalue weighted by Crippen LogP contribution is 2.42. The van der Waals surface area contributed by atoms with Gasteiger partial charge < -0.3 is 5.32 Å². The third-order valence-electron chi connectivity index (χ3n) is 2.64. The zero-order chi connectivity index (χ0) is 8.55. The minimum Gasteiger partial charge on any atom is -0.313 e. The number of thiophene rings is 1. The molecule has 66 valence electrons. The van der Waals surface area contributed by atoms with E-state index in [9.17, 15) is 0 Å². The Balaban J connectivity index is 2.20. The molecule has 1 nitrogen and oxygen atoms in total. The summed E-state index contributed by atoms with van der Waals surface area (Å²) >= 11 is 1.85. The van der Waals surface area contributed by atoms with Crippen LogP contribution in [0.1, 0.15) is 29.3 Å². The van der Waals surface area contributed by atoms with Crippen LogP contribution in [0, 0.1) is 12.8 Å². The minimum absolute atomic E-state index is 0.622. The Hall–Kier alpha value is -0.340. The van der Waals surface area contributed by atoms with E-state index in [1.807, 2.05) is 11.3 Å². The van der Waals surface area contributed by atoms with Crippen molar-refractivity contribution in [2.75, 3.05) is 7.05 Å². The smallest absolute Gasteiger partial charge is 0.0357 e. The Labute approximate surface area is 77.8 Å². The van der Waals surface area contributed by atoms with Crippen LogP contribution in [-0.2, 0) is 0 Å². The van der Waals surface area contributed by atoms with Crippen molar-refractivity contribution >= 4 is 11.3 Å². The second-order valence-corrected chi connectivity index (χ2v) is 4.66. The van der Waals surface area contributed by atoms with E-state index in [1.54, 1.807) is 0 Å². The first-order valence-corrected chi connectivity index (χ1v) is 5.42. The van der Waals surface area contributed by atoms with E-state index < -0.39 is 0 Å². The largest absolute Gasteiger partial charge is 0.313 e. The fourth-order valence-corrected chi connectivity index (χ4v) is 2.54. The van der Waals surface area contributed by atoms with Gasteiger partial charge in [0.25, 0.3) is 0 Å². The van der Waals surface area contributed by atoms with Crippen LogP contribution in [0.4, 0.5) is 0 Å². The Kier molecular flexibility index (Phi) is 2.20. The van der Waals surface area contributed by atoms with Crippen LogP contribution in [0.3, 0.4) is 0 Å². The van der Waals surface area contributed by atoms with Gasteiger partial charge in [-0.3, -0.25) is 0 Å². The van der Waals surface area contributed by atoms with Crippen molar-refractivity contribution in [3.63, 3.8) is 0 Å². The molecule has 0 amide bonds. The van der Waals surface area contributed by atoms with Crippen molar-refractivity contribution in [2.24, 2.45) is 5.92 Å². The molecule has 1 aromatic rings. The average molecular weight is 181 g/mol. The molecule has 1 aliphatic carbocycles. The molecule has 2 heteroatoms. The van der Waals surface area contributed by atoms with Gasteiger partial charge in [-0.25, -0.2) is 0 Å². The zero-order valence-electron chi connectivity index (χ0n) is 7.63. The Bertz CT molecular complexity index is 263. The van der Waals surface area contributed by atoms with Gasteiger partial charge in [-0.1, -0.05) is 0 Å². The lowest BCUT2D eigenvalue weighted by atomic mass is 10.0. The van der Waals surface area contributed by atoms with Crippen LogP contribution in [0.15, 0.2) is 11.4 Å². The number of hydrogen-bond acceptors (Lipinski definition) is 2. The molecule has 1 aromatic heterocycles. The minimum atomic E-state index is 0.622. The molecule has 0 spiro atoms. The first-order valence-electron chi connectivity index (χ1n) is 4.54. The summed E-state index contributed by atoms with van der Waals surface area (Å²) < 4.78 is 0. The van der Waals surface area contributed by atoms with E-state index in [1.165, 1.54) is 23.3 Å². The van der Waals surface area contributed by atoms with Crippen LogP contribution in [-0.4, -0.2) is 7.05 Å². The fraction of sp³-hybridized carbons (Fsp3) is 0.600. The SMILES string of the molecule is CNC(c1ccsc1C)C1CC1. The van der Waals surface area contributed by atoms with E-state index >= 15 is 0 Å². The van der Waals surface area contributed by atoms with Gasteiger partial charge >= 0.3 is 0 Å². The van der Waals surface area contributed by atoms with E-state index in [-0.39, 0.29) is 0 Å². The molecule has 0 aromatic carbocycles. The van der Waals surface area contributed by atoms with Crippen LogP contribution in [0.2, 0.25) is 0 Å². The van der Waals surface area contributed by atoms with Gasteiger partial charge in [0.2, 0.25) is 0 Å². The summed E-state index contributed by atoms with van der Waals surface area (Å²) in [6.07, 6.45) is 2.81. The molecule has 12 heavy (non-hydrogen) atoms. The van der Waals surface area contributed by atoms with Gasteiger partial charge in [-0.15, -0.1) is 11.3 Å². The Morgan fingerprint density at radius 2 is 2.33 bits per heavy atom. The van der Waals surface area contributed by atoms with Crippen LogP contribution >= 0.6 is 11.3 Å². The quantitative estimate of drug-likeness (QED) is 0.756. The molecule has 0 aliphatic heterocycles. The maximum Gasteiger partial charge on any atom is 0.0357 e. The molecular weight excluding hydrogens is 166 g/mol. The van der Waals surface area contributed by atoms with Gasteiger partial charge in [0.15, 0.2) is 0 Å². The number of rotatable bonds is 3. The number of hydrogen-bond donors (Lipinski definition) is 1. The van der Waals surface area contributed by atoms with Crippen molar-refractivity contribution < 1.29 is 0 Å².